The molecule has 2 saturated heterocycles. The van der Waals surface area contributed by atoms with Gasteiger partial charge in [-0.3, -0.25) is 9.69 Å². The number of hydrogen-bond donors (Lipinski definition) is 0. The zero-order valence-electron chi connectivity index (χ0n) is 18.5. The summed E-state index contributed by atoms with van der Waals surface area (Å²) in [6.45, 7) is 18.0. The molecule has 2 aliphatic rings. The van der Waals surface area contributed by atoms with Crippen molar-refractivity contribution >= 4 is 5.91 Å². The molecule has 1 radical (unpaired) electrons. The van der Waals surface area contributed by atoms with E-state index in [1.165, 1.54) is 45.4 Å². The minimum absolute atomic E-state index is 0. The minimum Gasteiger partial charge on any atom is -0.342 e. The second kappa shape index (κ2) is 12.9. The summed E-state index contributed by atoms with van der Waals surface area (Å²) in [6, 6.07) is 0.332. The first-order valence-corrected chi connectivity index (χ1v) is 10.9. The van der Waals surface area contributed by atoms with Crippen molar-refractivity contribution in [3.63, 3.8) is 0 Å². The topological polar surface area (TPSA) is 30.0 Å². The van der Waals surface area contributed by atoms with Gasteiger partial charge in [0.25, 0.3) is 0 Å². The maximum atomic E-state index is 12.7. The van der Waals surface area contributed by atoms with Gasteiger partial charge < -0.3 is 14.7 Å². The number of amides is 1. The fraction of sp³-hybridized carbons (Fsp3) is 0.952. The molecule has 155 valence electrons. The zero-order chi connectivity index (χ0) is 19.1. The number of rotatable bonds is 8. The Balaban J connectivity index is 0.00000364. The molecule has 2 fully saturated rings. The van der Waals surface area contributed by atoms with Crippen molar-refractivity contribution in [3.05, 3.63) is 0 Å². The molecule has 0 aromatic rings. The number of carbonyl (C=O) groups excluding carboxylic acids is 1. The predicted octanol–water partition coefficient (Wildman–Crippen LogP) is 2.37. The Bertz CT molecular complexity index is 420. The van der Waals surface area contributed by atoms with Gasteiger partial charge in [0.1, 0.15) is 0 Å². The first kappa shape index (κ1) is 25.5. The Labute approximate surface area is 193 Å². The first-order valence-electron chi connectivity index (χ1n) is 10.9. The van der Waals surface area contributed by atoms with Gasteiger partial charge >= 0.3 is 0 Å². The second-order valence-electron chi connectivity index (χ2n) is 8.50. The van der Waals surface area contributed by atoms with Crippen molar-refractivity contribution in [2.24, 2.45) is 5.92 Å². The Kier molecular flexibility index (Phi) is 12.2. The third-order valence-corrected chi connectivity index (χ3v) is 6.67. The molecule has 0 N–H and O–H groups in total. The average molecular weight is 456 g/mol. The summed E-state index contributed by atoms with van der Waals surface area (Å²) in [5.74, 6) is 1.14. The zero-order valence-corrected chi connectivity index (χ0v) is 21.3. The molecule has 2 aliphatic heterocycles. The summed E-state index contributed by atoms with van der Waals surface area (Å²) in [5, 5.41) is 0. The summed E-state index contributed by atoms with van der Waals surface area (Å²) < 4.78 is 0. The number of likely N-dealkylation sites (N-methyl/N-ethyl adjacent to an activating group) is 1. The van der Waals surface area contributed by atoms with Crippen LogP contribution in [0.1, 0.15) is 53.4 Å². The molecule has 1 unspecified atom stereocenters. The smallest absolute Gasteiger partial charge is 0.239 e. The van der Waals surface area contributed by atoms with Crippen molar-refractivity contribution in [3.8, 4) is 0 Å². The monoisotopic (exact) mass is 455 g/mol. The summed E-state index contributed by atoms with van der Waals surface area (Å²) in [4.78, 5) is 22.3. The van der Waals surface area contributed by atoms with E-state index in [1.807, 2.05) is 11.9 Å². The fourth-order valence-electron chi connectivity index (χ4n) is 4.35. The largest absolute Gasteiger partial charge is 0.342 e. The van der Waals surface area contributed by atoms with E-state index in [0.717, 1.165) is 38.5 Å². The molecule has 2 atom stereocenters. The Morgan fingerprint density at radius 1 is 1.00 bits per heavy atom. The van der Waals surface area contributed by atoms with Crippen molar-refractivity contribution < 1.29 is 37.5 Å². The molecule has 0 bridgehead atoms. The summed E-state index contributed by atoms with van der Waals surface area (Å²) in [7, 11) is 1.95. The van der Waals surface area contributed by atoms with Gasteiger partial charge in [0.2, 0.25) is 5.91 Å². The maximum Gasteiger partial charge on any atom is 0.239 e. The van der Waals surface area contributed by atoms with E-state index >= 15 is 0 Å². The molecular weight excluding hydrogens is 413 g/mol. The predicted molar refractivity (Wildman–Crippen MR) is 109 cm³/mol. The van der Waals surface area contributed by atoms with E-state index < -0.39 is 0 Å². The number of hydrogen-bond acceptors (Lipinski definition) is 4. The molecule has 1 amide bonds. The number of piperidine rings is 1. The van der Waals surface area contributed by atoms with Crippen LogP contribution in [-0.4, -0.2) is 97.0 Å². The molecule has 2 heterocycles. The fourth-order valence-corrected chi connectivity index (χ4v) is 4.35. The summed E-state index contributed by atoms with van der Waals surface area (Å²) in [5.41, 5.74) is 0. The third kappa shape index (κ3) is 7.66. The molecule has 6 heteroatoms. The van der Waals surface area contributed by atoms with Gasteiger partial charge in [-0.1, -0.05) is 13.8 Å². The van der Waals surface area contributed by atoms with Crippen LogP contribution in [0, 0.1) is 5.92 Å². The SMILES string of the molecule is CCCN1CCC(CN2CCN([C@@H](C)C(=O)N(C)C(C)CC)CC2)CC1.[Y]. The van der Waals surface area contributed by atoms with Crippen LogP contribution in [0.4, 0.5) is 0 Å². The van der Waals surface area contributed by atoms with Gasteiger partial charge in [-0.15, -0.1) is 0 Å². The van der Waals surface area contributed by atoms with Crippen molar-refractivity contribution in [2.75, 3.05) is 59.4 Å². The van der Waals surface area contributed by atoms with Crippen LogP contribution in [0.25, 0.3) is 0 Å². The van der Waals surface area contributed by atoms with E-state index in [1.54, 1.807) is 0 Å². The third-order valence-electron chi connectivity index (χ3n) is 6.67. The quantitative estimate of drug-likeness (QED) is 0.562. The normalized spacial score (nSPS) is 22.9. The average Bonchev–Trinajstić information content (AvgIpc) is 2.68. The standard InChI is InChI=1S/C21H42N4O.Y/c1-6-10-23-11-8-20(9-12-23)17-24-13-15-25(16-14-24)19(4)21(26)22(5)18(3)7-2;/h18-20H,6-17H2,1-5H3;/t18?,19-;/m0./s1. The summed E-state index contributed by atoms with van der Waals surface area (Å²) in [6.07, 6.45) is 5.00. The number of piperazine rings is 1. The number of likely N-dealkylation sites (tertiary alicyclic amines) is 1. The van der Waals surface area contributed by atoms with Crippen molar-refractivity contribution in [1.29, 1.82) is 0 Å². The van der Waals surface area contributed by atoms with Crippen LogP contribution in [-0.2, 0) is 37.5 Å². The molecule has 0 aromatic heterocycles. The maximum absolute atomic E-state index is 12.7. The molecule has 0 aliphatic carbocycles. The van der Waals surface area contributed by atoms with E-state index in [2.05, 4.69) is 42.4 Å². The van der Waals surface area contributed by atoms with Crippen LogP contribution >= 0.6 is 0 Å². The summed E-state index contributed by atoms with van der Waals surface area (Å²) >= 11 is 0. The van der Waals surface area contributed by atoms with Crippen molar-refractivity contribution in [1.82, 2.24) is 19.6 Å². The minimum atomic E-state index is 0. The van der Waals surface area contributed by atoms with Crippen LogP contribution < -0.4 is 0 Å². The Morgan fingerprint density at radius 2 is 1.59 bits per heavy atom. The van der Waals surface area contributed by atoms with Crippen LogP contribution in [0.5, 0.6) is 0 Å². The molecular formula is C21H42N4OY. The molecule has 0 aromatic carbocycles. The first-order chi connectivity index (χ1) is 12.5. The van der Waals surface area contributed by atoms with Crippen LogP contribution in [0.2, 0.25) is 0 Å². The van der Waals surface area contributed by atoms with E-state index in [4.69, 9.17) is 0 Å². The Hall–Kier alpha value is 0.454. The number of nitrogens with zero attached hydrogens (tertiary/aromatic N) is 4. The Morgan fingerprint density at radius 3 is 2.11 bits per heavy atom. The van der Waals surface area contributed by atoms with Gasteiger partial charge in [0.15, 0.2) is 0 Å². The van der Waals surface area contributed by atoms with Gasteiger partial charge in [-0.2, -0.15) is 0 Å². The van der Waals surface area contributed by atoms with Gasteiger partial charge in [-0.25, -0.2) is 0 Å². The van der Waals surface area contributed by atoms with Gasteiger partial charge in [0.05, 0.1) is 6.04 Å². The van der Waals surface area contributed by atoms with Gasteiger partial charge in [-0.05, 0) is 65.1 Å². The molecule has 2 rings (SSSR count). The second-order valence-corrected chi connectivity index (χ2v) is 8.50. The molecule has 5 nitrogen and oxygen atoms in total. The van der Waals surface area contributed by atoms with Crippen LogP contribution in [0.15, 0.2) is 0 Å². The molecule has 27 heavy (non-hydrogen) atoms. The van der Waals surface area contributed by atoms with Gasteiger partial charge in [0, 0.05) is 78.5 Å². The molecule has 0 saturated carbocycles. The van der Waals surface area contributed by atoms with E-state index in [9.17, 15) is 4.79 Å². The van der Waals surface area contributed by atoms with E-state index in [0.29, 0.717) is 6.04 Å². The van der Waals surface area contributed by atoms with Crippen molar-refractivity contribution in [2.45, 2.75) is 65.5 Å². The van der Waals surface area contributed by atoms with Crippen LogP contribution in [0.3, 0.4) is 0 Å². The number of carbonyl (C=O) groups is 1. The van der Waals surface area contributed by atoms with E-state index in [-0.39, 0.29) is 44.7 Å². The molecule has 0 spiro atoms.